The first-order chi connectivity index (χ1) is 8.34. The Labute approximate surface area is 105 Å². The van der Waals surface area contributed by atoms with Crippen molar-refractivity contribution in [3.8, 4) is 0 Å². The van der Waals surface area contributed by atoms with E-state index in [-0.39, 0.29) is 6.10 Å². The molecule has 2 rings (SSSR count). The lowest BCUT2D eigenvalue weighted by molar-refractivity contribution is -0.0235. The Balaban J connectivity index is 1.52. The molecule has 0 aromatic carbocycles. The van der Waals surface area contributed by atoms with Crippen LogP contribution in [0.3, 0.4) is 0 Å². The second-order valence-corrected chi connectivity index (χ2v) is 5.64. The van der Waals surface area contributed by atoms with E-state index in [1.165, 1.54) is 57.8 Å². The summed E-state index contributed by atoms with van der Waals surface area (Å²) in [6, 6.07) is 0.638. The number of aliphatic hydroxyl groups excluding tert-OH is 1. The van der Waals surface area contributed by atoms with Gasteiger partial charge in [0.15, 0.2) is 0 Å². The Morgan fingerprint density at radius 3 is 2.35 bits per heavy atom. The average molecular weight is 241 g/mol. The fraction of sp³-hybridized carbons (Fsp3) is 1.00. The van der Waals surface area contributed by atoms with E-state index in [1.54, 1.807) is 0 Å². The van der Waals surface area contributed by atoms with Gasteiger partial charge >= 0.3 is 0 Å². The summed E-state index contributed by atoms with van der Waals surface area (Å²) in [7, 11) is 0. The molecule has 0 radical (unpaired) electrons. The number of hydrogen-bond donors (Lipinski definition) is 2. The standard InChI is InChI=1S/C14H27NO2/c16-13(10-15-12-6-4-5-7-12)11-17-14-8-2-1-3-9-14/h12-16H,1-11H2/t13-/m1/s1. The molecule has 17 heavy (non-hydrogen) atoms. The van der Waals surface area contributed by atoms with Gasteiger partial charge in [-0.05, 0) is 25.7 Å². The first kappa shape index (κ1) is 13.3. The molecule has 0 saturated heterocycles. The molecule has 3 nitrogen and oxygen atoms in total. The molecule has 0 amide bonds. The zero-order chi connectivity index (χ0) is 11.9. The fourth-order valence-corrected chi connectivity index (χ4v) is 2.97. The van der Waals surface area contributed by atoms with Gasteiger partial charge in [-0.3, -0.25) is 0 Å². The molecule has 0 bridgehead atoms. The van der Waals surface area contributed by atoms with Crippen LogP contribution in [0.15, 0.2) is 0 Å². The predicted octanol–water partition coefficient (Wildman–Crippen LogP) is 2.23. The first-order valence-corrected chi connectivity index (χ1v) is 7.37. The third-order valence-corrected chi connectivity index (χ3v) is 4.07. The molecule has 0 heterocycles. The molecule has 0 aromatic heterocycles. The topological polar surface area (TPSA) is 41.5 Å². The molecule has 2 fully saturated rings. The molecule has 100 valence electrons. The van der Waals surface area contributed by atoms with Crippen molar-refractivity contribution in [1.82, 2.24) is 5.32 Å². The Kier molecular flexibility index (Phi) is 5.75. The van der Waals surface area contributed by atoms with Crippen LogP contribution in [0.4, 0.5) is 0 Å². The molecule has 0 aromatic rings. The van der Waals surface area contributed by atoms with E-state index in [0.717, 1.165) is 0 Å². The molecule has 2 aliphatic carbocycles. The second-order valence-electron chi connectivity index (χ2n) is 5.64. The minimum Gasteiger partial charge on any atom is -0.389 e. The molecule has 2 aliphatic rings. The molecule has 0 unspecified atom stereocenters. The number of hydrogen-bond acceptors (Lipinski definition) is 3. The van der Waals surface area contributed by atoms with Crippen LogP contribution in [0.2, 0.25) is 0 Å². The zero-order valence-electron chi connectivity index (χ0n) is 10.9. The van der Waals surface area contributed by atoms with Gasteiger partial charge in [-0.15, -0.1) is 0 Å². The maximum absolute atomic E-state index is 9.85. The lowest BCUT2D eigenvalue weighted by Gasteiger charge is -2.24. The van der Waals surface area contributed by atoms with Crippen LogP contribution in [-0.4, -0.2) is 36.5 Å². The van der Waals surface area contributed by atoms with Gasteiger partial charge in [0.2, 0.25) is 0 Å². The van der Waals surface area contributed by atoms with Crippen molar-refractivity contribution in [1.29, 1.82) is 0 Å². The summed E-state index contributed by atoms with van der Waals surface area (Å²) >= 11 is 0. The molecular formula is C14H27NO2. The predicted molar refractivity (Wildman–Crippen MR) is 69.1 cm³/mol. The van der Waals surface area contributed by atoms with Gasteiger partial charge in [0.1, 0.15) is 0 Å². The lowest BCUT2D eigenvalue weighted by atomic mass is 9.98. The van der Waals surface area contributed by atoms with Crippen molar-refractivity contribution in [2.24, 2.45) is 0 Å². The third-order valence-electron chi connectivity index (χ3n) is 4.07. The molecule has 1 atom stereocenters. The van der Waals surface area contributed by atoms with Crippen LogP contribution in [-0.2, 0) is 4.74 Å². The summed E-state index contributed by atoms with van der Waals surface area (Å²) in [5.74, 6) is 0. The molecule has 0 spiro atoms. The summed E-state index contributed by atoms with van der Waals surface area (Å²) in [5.41, 5.74) is 0. The maximum Gasteiger partial charge on any atom is 0.0897 e. The van der Waals surface area contributed by atoms with E-state index >= 15 is 0 Å². The normalized spacial score (nSPS) is 25.2. The van der Waals surface area contributed by atoms with E-state index in [2.05, 4.69) is 5.32 Å². The second kappa shape index (κ2) is 7.34. The average Bonchev–Trinajstić information content (AvgIpc) is 2.88. The Morgan fingerprint density at radius 1 is 1.00 bits per heavy atom. The Bertz CT molecular complexity index is 198. The summed E-state index contributed by atoms with van der Waals surface area (Å²) in [4.78, 5) is 0. The van der Waals surface area contributed by atoms with Gasteiger partial charge in [0.25, 0.3) is 0 Å². The van der Waals surface area contributed by atoms with Crippen LogP contribution < -0.4 is 5.32 Å². The SMILES string of the molecule is O[C@H](CNC1CCCC1)COC1CCCCC1. The van der Waals surface area contributed by atoms with Crippen molar-refractivity contribution < 1.29 is 9.84 Å². The van der Waals surface area contributed by atoms with Crippen molar-refractivity contribution >= 4 is 0 Å². The fourth-order valence-electron chi connectivity index (χ4n) is 2.97. The molecule has 2 saturated carbocycles. The third kappa shape index (κ3) is 4.94. The van der Waals surface area contributed by atoms with E-state index in [4.69, 9.17) is 4.74 Å². The summed E-state index contributed by atoms with van der Waals surface area (Å²) < 4.78 is 5.77. The highest BCUT2D eigenvalue weighted by molar-refractivity contribution is 4.75. The smallest absolute Gasteiger partial charge is 0.0897 e. The number of nitrogens with one attached hydrogen (secondary N) is 1. The number of aliphatic hydroxyl groups is 1. The van der Waals surface area contributed by atoms with Gasteiger partial charge < -0.3 is 15.2 Å². The highest BCUT2D eigenvalue weighted by atomic mass is 16.5. The van der Waals surface area contributed by atoms with Crippen molar-refractivity contribution in [3.63, 3.8) is 0 Å². The van der Waals surface area contributed by atoms with E-state index in [0.29, 0.717) is 25.3 Å². The van der Waals surface area contributed by atoms with Gasteiger partial charge in [-0.25, -0.2) is 0 Å². The van der Waals surface area contributed by atoms with E-state index < -0.39 is 0 Å². The van der Waals surface area contributed by atoms with Gasteiger partial charge in [0, 0.05) is 12.6 Å². The highest BCUT2D eigenvalue weighted by Gasteiger charge is 2.18. The molecular weight excluding hydrogens is 214 g/mol. The van der Waals surface area contributed by atoms with Gasteiger partial charge in [-0.1, -0.05) is 32.1 Å². The monoisotopic (exact) mass is 241 g/mol. The summed E-state index contributed by atoms with van der Waals surface area (Å²) in [6.45, 7) is 1.20. The van der Waals surface area contributed by atoms with Crippen molar-refractivity contribution in [2.45, 2.75) is 76.0 Å². The largest absolute Gasteiger partial charge is 0.389 e. The van der Waals surface area contributed by atoms with Gasteiger partial charge in [-0.2, -0.15) is 0 Å². The van der Waals surface area contributed by atoms with E-state index in [9.17, 15) is 5.11 Å². The molecule has 2 N–H and O–H groups in total. The van der Waals surface area contributed by atoms with Crippen LogP contribution in [0.25, 0.3) is 0 Å². The highest BCUT2D eigenvalue weighted by Crippen LogP contribution is 2.20. The van der Waals surface area contributed by atoms with Crippen LogP contribution >= 0.6 is 0 Å². The maximum atomic E-state index is 9.85. The Hall–Kier alpha value is -0.120. The van der Waals surface area contributed by atoms with Gasteiger partial charge in [0.05, 0.1) is 18.8 Å². The Morgan fingerprint density at radius 2 is 1.65 bits per heavy atom. The zero-order valence-corrected chi connectivity index (χ0v) is 10.9. The minimum absolute atomic E-state index is 0.336. The molecule has 3 heteroatoms. The number of ether oxygens (including phenoxy) is 1. The van der Waals surface area contributed by atoms with Crippen molar-refractivity contribution in [2.75, 3.05) is 13.2 Å². The van der Waals surface area contributed by atoms with Crippen LogP contribution in [0, 0.1) is 0 Å². The van der Waals surface area contributed by atoms with Crippen molar-refractivity contribution in [3.05, 3.63) is 0 Å². The van der Waals surface area contributed by atoms with Crippen LogP contribution in [0.1, 0.15) is 57.8 Å². The molecule has 0 aliphatic heterocycles. The summed E-state index contributed by atoms with van der Waals surface area (Å²) in [6.07, 6.45) is 11.6. The minimum atomic E-state index is -0.336. The summed E-state index contributed by atoms with van der Waals surface area (Å²) in [5, 5.41) is 13.3. The lowest BCUT2D eigenvalue weighted by Crippen LogP contribution is -2.37. The van der Waals surface area contributed by atoms with E-state index in [1.807, 2.05) is 0 Å². The van der Waals surface area contributed by atoms with Crippen LogP contribution in [0.5, 0.6) is 0 Å². The quantitative estimate of drug-likeness (QED) is 0.749. The number of rotatable bonds is 6. The first-order valence-electron chi connectivity index (χ1n) is 7.37.